The first kappa shape index (κ1) is 25.8. The molecule has 3 fully saturated rings. The third-order valence-electron chi connectivity index (χ3n) is 8.07. The Balaban J connectivity index is 1.30. The number of hydrogen-bond acceptors (Lipinski definition) is 4. The van der Waals surface area contributed by atoms with Crippen molar-refractivity contribution in [3.8, 4) is 0 Å². The topological polar surface area (TPSA) is 64.1 Å². The molecule has 9 heteroatoms. The lowest BCUT2D eigenvalue weighted by Gasteiger charge is -2.41. The van der Waals surface area contributed by atoms with Crippen LogP contribution in [-0.4, -0.2) is 72.6 Å². The van der Waals surface area contributed by atoms with Gasteiger partial charge in [-0.25, -0.2) is 0 Å². The number of amides is 1. The molecule has 35 heavy (non-hydrogen) atoms. The lowest BCUT2D eigenvalue weighted by atomic mass is 9.80. The summed E-state index contributed by atoms with van der Waals surface area (Å²) in [6.45, 7) is 4.89. The summed E-state index contributed by atoms with van der Waals surface area (Å²) in [7, 11) is 0. The zero-order valence-corrected chi connectivity index (χ0v) is 20.2. The molecule has 6 nitrogen and oxygen atoms in total. The number of carboxylic acid groups (broad SMARTS) is 1. The molecule has 1 amide bonds. The molecule has 0 bridgehead atoms. The van der Waals surface area contributed by atoms with Crippen LogP contribution < -0.4 is 4.90 Å². The van der Waals surface area contributed by atoms with Gasteiger partial charge in [0.05, 0.1) is 5.56 Å². The molecule has 2 saturated heterocycles. The number of rotatable bonds is 7. The fraction of sp³-hybridized carbons (Fsp3) is 0.692. The van der Waals surface area contributed by atoms with Gasteiger partial charge in [-0.1, -0.05) is 18.9 Å². The fourth-order valence-electron chi connectivity index (χ4n) is 5.99. The van der Waals surface area contributed by atoms with E-state index in [-0.39, 0.29) is 30.1 Å². The highest BCUT2D eigenvalue weighted by Gasteiger charge is 2.36. The SMILES string of the molecule is O=C(O)C[C@@H]1CCN(C(=O)C2CCCC2)C[C@H]1CCN1CCN(c2cccc(C(F)(F)F)c2)CC1. The summed E-state index contributed by atoms with van der Waals surface area (Å²) in [6, 6.07) is 5.48. The van der Waals surface area contributed by atoms with E-state index >= 15 is 0 Å². The maximum Gasteiger partial charge on any atom is 0.416 e. The Labute approximate surface area is 205 Å². The Bertz CT molecular complexity index is 880. The normalized spacial score (nSPS) is 24.7. The van der Waals surface area contributed by atoms with Crippen molar-refractivity contribution in [2.75, 3.05) is 50.7 Å². The maximum absolute atomic E-state index is 13.1. The van der Waals surface area contributed by atoms with Gasteiger partial charge in [0.2, 0.25) is 5.91 Å². The number of carbonyl (C=O) groups excluding carboxylic acids is 1. The Hall–Kier alpha value is -2.29. The van der Waals surface area contributed by atoms with E-state index < -0.39 is 17.7 Å². The zero-order chi connectivity index (χ0) is 25.0. The van der Waals surface area contributed by atoms with Gasteiger partial charge >= 0.3 is 12.1 Å². The average Bonchev–Trinajstić information content (AvgIpc) is 3.38. The number of nitrogens with zero attached hydrogens (tertiary/aromatic N) is 3. The van der Waals surface area contributed by atoms with E-state index in [9.17, 15) is 27.9 Å². The molecule has 0 unspecified atom stereocenters. The first-order chi connectivity index (χ1) is 16.7. The molecule has 1 aliphatic carbocycles. The van der Waals surface area contributed by atoms with Crippen LogP contribution in [0.4, 0.5) is 18.9 Å². The lowest BCUT2D eigenvalue weighted by Crippen LogP contribution is -2.49. The predicted molar refractivity (Wildman–Crippen MR) is 127 cm³/mol. The predicted octanol–water partition coefficient (Wildman–Crippen LogP) is 4.35. The Morgan fingerprint density at radius 1 is 0.971 bits per heavy atom. The quantitative estimate of drug-likeness (QED) is 0.610. The number of alkyl halides is 3. The number of aliphatic carboxylic acids is 1. The molecule has 2 aliphatic heterocycles. The average molecular weight is 496 g/mol. The summed E-state index contributed by atoms with van der Waals surface area (Å²) in [4.78, 5) is 30.7. The molecular weight excluding hydrogens is 459 g/mol. The van der Waals surface area contributed by atoms with Crippen molar-refractivity contribution in [3.05, 3.63) is 29.8 Å². The Morgan fingerprint density at radius 3 is 2.34 bits per heavy atom. The standard InChI is InChI=1S/C26H36F3N3O3/c27-26(28,29)22-6-3-7-23(17-22)31-14-12-30(13-15-31)10-8-21-18-32(11-9-20(21)16-24(33)34)25(35)19-4-1-2-5-19/h3,6-7,17,19-21H,1-2,4-5,8-16,18H2,(H,33,34)/t20-,21+/m0/s1. The van der Waals surface area contributed by atoms with Crippen LogP contribution >= 0.6 is 0 Å². The van der Waals surface area contributed by atoms with E-state index in [0.717, 1.165) is 64.2 Å². The number of hydrogen-bond donors (Lipinski definition) is 1. The van der Waals surface area contributed by atoms with Crippen molar-refractivity contribution in [2.45, 2.75) is 51.1 Å². The summed E-state index contributed by atoms with van der Waals surface area (Å²) < 4.78 is 39.2. The van der Waals surface area contributed by atoms with Crippen molar-refractivity contribution < 1.29 is 27.9 Å². The number of piperidine rings is 1. The zero-order valence-electron chi connectivity index (χ0n) is 20.2. The van der Waals surface area contributed by atoms with Crippen LogP contribution in [0.3, 0.4) is 0 Å². The van der Waals surface area contributed by atoms with Gasteiger partial charge < -0.3 is 14.9 Å². The Morgan fingerprint density at radius 2 is 1.69 bits per heavy atom. The van der Waals surface area contributed by atoms with E-state index in [2.05, 4.69) is 4.90 Å². The van der Waals surface area contributed by atoms with E-state index in [1.165, 1.54) is 12.1 Å². The number of likely N-dealkylation sites (tertiary alicyclic amines) is 1. The molecule has 0 aromatic heterocycles. The van der Waals surface area contributed by atoms with E-state index in [1.807, 2.05) is 9.80 Å². The van der Waals surface area contributed by atoms with Gasteiger partial charge in [-0.15, -0.1) is 0 Å². The molecule has 1 N–H and O–H groups in total. The largest absolute Gasteiger partial charge is 0.481 e. The minimum Gasteiger partial charge on any atom is -0.481 e. The summed E-state index contributed by atoms with van der Waals surface area (Å²) in [5.41, 5.74) is -0.0368. The molecule has 0 radical (unpaired) electrons. The summed E-state index contributed by atoms with van der Waals surface area (Å²) >= 11 is 0. The molecule has 2 heterocycles. The number of carboxylic acids is 1. The van der Waals surface area contributed by atoms with Crippen LogP contribution in [0.1, 0.15) is 50.5 Å². The smallest absolute Gasteiger partial charge is 0.416 e. The molecule has 194 valence electrons. The highest BCUT2D eigenvalue weighted by Crippen LogP contribution is 2.34. The molecule has 1 aromatic rings. The van der Waals surface area contributed by atoms with Gasteiger partial charge in [0.1, 0.15) is 0 Å². The summed E-state index contributed by atoms with van der Waals surface area (Å²) in [5.74, 6) is -0.171. The van der Waals surface area contributed by atoms with E-state index in [1.54, 1.807) is 6.07 Å². The fourth-order valence-corrected chi connectivity index (χ4v) is 5.99. The second-order valence-electron chi connectivity index (χ2n) is 10.3. The number of carbonyl (C=O) groups is 2. The molecule has 3 aliphatic rings. The first-order valence-electron chi connectivity index (χ1n) is 12.9. The van der Waals surface area contributed by atoms with Crippen LogP contribution in [0.25, 0.3) is 0 Å². The number of halogens is 3. The van der Waals surface area contributed by atoms with Crippen molar-refractivity contribution in [2.24, 2.45) is 17.8 Å². The van der Waals surface area contributed by atoms with Crippen molar-refractivity contribution in [1.29, 1.82) is 0 Å². The molecule has 0 spiro atoms. The minimum absolute atomic E-state index is 0.0755. The number of piperazine rings is 1. The van der Waals surface area contributed by atoms with Gasteiger partial charge in [-0.2, -0.15) is 13.2 Å². The molecule has 2 atom stereocenters. The highest BCUT2D eigenvalue weighted by molar-refractivity contribution is 5.79. The minimum atomic E-state index is -4.35. The van der Waals surface area contributed by atoms with Crippen molar-refractivity contribution in [3.63, 3.8) is 0 Å². The number of benzene rings is 1. The van der Waals surface area contributed by atoms with E-state index in [4.69, 9.17) is 0 Å². The van der Waals surface area contributed by atoms with Gasteiger partial charge in [-0.3, -0.25) is 14.5 Å². The summed E-state index contributed by atoms with van der Waals surface area (Å²) in [6.07, 6.45) is 1.51. The highest BCUT2D eigenvalue weighted by atomic mass is 19.4. The third kappa shape index (κ3) is 6.68. The van der Waals surface area contributed by atoms with Gasteiger partial charge in [-0.05, 0) is 62.3 Å². The van der Waals surface area contributed by atoms with Crippen LogP contribution in [0, 0.1) is 17.8 Å². The lowest BCUT2D eigenvalue weighted by molar-refractivity contribution is -0.141. The third-order valence-corrected chi connectivity index (χ3v) is 8.07. The van der Waals surface area contributed by atoms with Crippen molar-refractivity contribution >= 4 is 17.6 Å². The van der Waals surface area contributed by atoms with Gasteiger partial charge in [0, 0.05) is 57.3 Å². The second-order valence-corrected chi connectivity index (χ2v) is 10.3. The van der Waals surface area contributed by atoms with Crippen LogP contribution in [-0.2, 0) is 15.8 Å². The first-order valence-corrected chi connectivity index (χ1v) is 12.9. The monoisotopic (exact) mass is 495 g/mol. The molecule has 1 aromatic carbocycles. The van der Waals surface area contributed by atoms with Crippen LogP contribution in [0.5, 0.6) is 0 Å². The van der Waals surface area contributed by atoms with Crippen LogP contribution in [0.2, 0.25) is 0 Å². The molecule has 4 rings (SSSR count). The summed E-state index contributed by atoms with van der Waals surface area (Å²) in [5, 5.41) is 9.39. The van der Waals surface area contributed by atoms with Gasteiger partial charge in [0.15, 0.2) is 0 Å². The molecular formula is C26H36F3N3O3. The van der Waals surface area contributed by atoms with Crippen molar-refractivity contribution in [1.82, 2.24) is 9.80 Å². The van der Waals surface area contributed by atoms with E-state index in [0.29, 0.717) is 31.9 Å². The maximum atomic E-state index is 13.1. The van der Waals surface area contributed by atoms with Gasteiger partial charge in [0.25, 0.3) is 0 Å². The Kier molecular flexibility index (Phi) is 8.24. The molecule has 1 saturated carbocycles. The van der Waals surface area contributed by atoms with Crippen LogP contribution in [0.15, 0.2) is 24.3 Å². The number of anilines is 1. The second kappa shape index (κ2) is 11.2.